The van der Waals surface area contributed by atoms with Gasteiger partial charge in [0.15, 0.2) is 0 Å². The van der Waals surface area contributed by atoms with Gasteiger partial charge >= 0.3 is 143 Å². The van der Waals surface area contributed by atoms with Crippen molar-refractivity contribution < 1.29 is 23.2 Å². The molecule has 0 radical (unpaired) electrons. The van der Waals surface area contributed by atoms with Crippen LogP contribution in [0.4, 0.5) is 0 Å². The van der Waals surface area contributed by atoms with Crippen LogP contribution in [0.25, 0.3) is 0 Å². The number of rotatable bonds is 8. The van der Waals surface area contributed by atoms with E-state index in [1.807, 2.05) is 3.28 Å². The third-order valence-corrected chi connectivity index (χ3v) is 8.83. The molecule has 0 fully saturated rings. The van der Waals surface area contributed by atoms with Crippen molar-refractivity contribution in [2.45, 2.75) is 79.1 Å². The van der Waals surface area contributed by atoms with Gasteiger partial charge in [-0.3, -0.25) is 0 Å². The van der Waals surface area contributed by atoms with Gasteiger partial charge in [-0.25, -0.2) is 0 Å². The molecule has 0 nitrogen and oxygen atoms in total. The van der Waals surface area contributed by atoms with Crippen LogP contribution in [0.3, 0.4) is 0 Å². The van der Waals surface area contributed by atoms with Gasteiger partial charge in [-0.15, -0.1) is 0 Å². The van der Waals surface area contributed by atoms with Gasteiger partial charge < -0.3 is 0 Å². The van der Waals surface area contributed by atoms with E-state index >= 15 is 0 Å². The summed E-state index contributed by atoms with van der Waals surface area (Å²) in [5.41, 5.74) is 6.82. The van der Waals surface area contributed by atoms with Crippen molar-refractivity contribution in [3.05, 3.63) is 41.0 Å². The van der Waals surface area contributed by atoms with Gasteiger partial charge in [-0.1, -0.05) is 0 Å². The number of hydrogen-bond donors (Lipinski definition) is 0. The Labute approximate surface area is 143 Å². The Morgan fingerprint density at radius 3 is 2.19 bits per heavy atom. The molecule has 21 heavy (non-hydrogen) atoms. The van der Waals surface area contributed by atoms with E-state index in [1.54, 1.807) is 25.6 Å². The second-order valence-corrected chi connectivity index (χ2v) is 9.73. The van der Waals surface area contributed by atoms with Crippen LogP contribution in [-0.4, -0.2) is 0 Å². The molecule has 0 saturated heterocycles. The van der Waals surface area contributed by atoms with Crippen molar-refractivity contribution in [3.63, 3.8) is 0 Å². The van der Waals surface area contributed by atoms with E-state index in [9.17, 15) is 0 Å². The maximum absolute atomic E-state index is 2.60. The van der Waals surface area contributed by atoms with Crippen molar-refractivity contribution in [1.82, 2.24) is 0 Å². The van der Waals surface area contributed by atoms with Crippen molar-refractivity contribution in [2.24, 2.45) is 0 Å². The van der Waals surface area contributed by atoms with E-state index in [4.69, 9.17) is 0 Å². The van der Waals surface area contributed by atoms with Crippen molar-refractivity contribution in [2.75, 3.05) is 0 Å². The number of unbranched alkanes of at least 4 members (excludes halogenated alkanes) is 2. The first-order valence-corrected chi connectivity index (χ1v) is 11.2. The molecular weight excluding hydrogens is 331 g/mol. The fourth-order valence-electron chi connectivity index (χ4n) is 3.18. The van der Waals surface area contributed by atoms with Crippen LogP contribution in [0.1, 0.15) is 79.1 Å². The average molecular weight is 362 g/mol. The summed E-state index contributed by atoms with van der Waals surface area (Å²) in [6, 6.07) is 0. The van der Waals surface area contributed by atoms with E-state index in [0.29, 0.717) is 0 Å². The molecule has 0 N–H and O–H groups in total. The first-order valence-electron chi connectivity index (χ1n) is 8.72. The SMILES string of the molecule is CCCCC1=C(CCCC)[C]([Zr][C]2=CCC(C)=C2C)=CC1. The van der Waals surface area contributed by atoms with Crippen molar-refractivity contribution >= 4 is 0 Å². The van der Waals surface area contributed by atoms with E-state index in [-0.39, 0.29) is 0 Å². The molecule has 0 aromatic rings. The van der Waals surface area contributed by atoms with Crippen LogP contribution < -0.4 is 0 Å². The molecule has 0 saturated carbocycles. The molecule has 0 heterocycles. The minimum atomic E-state index is -0.557. The Hall–Kier alpha value is -0.157. The Bertz CT molecular complexity index is 500. The molecule has 2 aliphatic rings. The summed E-state index contributed by atoms with van der Waals surface area (Å²) in [7, 11) is 0. The summed E-state index contributed by atoms with van der Waals surface area (Å²) in [4.78, 5) is 0. The topological polar surface area (TPSA) is 0 Å². The average Bonchev–Trinajstić information content (AvgIpc) is 3.01. The summed E-state index contributed by atoms with van der Waals surface area (Å²) in [6.07, 6.45) is 15.7. The molecule has 1 heteroatoms. The monoisotopic (exact) mass is 360 g/mol. The first kappa shape index (κ1) is 17.2. The van der Waals surface area contributed by atoms with Crippen LogP contribution in [0, 0.1) is 0 Å². The summed E-state index contributed by atoms with van der Waals surface area (Å²) < 4.78 is 3.58. The summed E-state index contributed by atoms with van der Waals surface area (Å²) in [6.45, 7) is 9.28. The van der Waals surface area contributed by atoms with E-state index < -0.39 is 23.2 Å². The Balaban J connectivity index is 2.09. The third kappa shape index (κ3) is 4.41. The molecule has 0 bridgehead atoms. The fourth-order valence-corrected chi connectivity index (χ4v) is 6.99. The minimum absolute atomic E-state index is 0.557. The van der Waals surface area contributed by atoms with E-state index in [2.05, 4.69) is 39.8 Å². The summed E-state index contributed by atoms with van der Waals surface area (Å²) in [5, 5.41) is 0. The Morgan fingerprint density at radius 1 is 0.905 bits per heavy atom. The summed E-state index contributed by atoms with van der Waals surface area (Å²) >= 11 is -0.557. The second-order valence-electron chi connectivity index (χ2n) is 6.46. The van der Waals surface area contributed by atoms with Gasteiger partial charge in [-0.05, 0) is 0 Å². The van der Waals surface area contributed by atoms with Gasteiger partial charge in [-0.2, -0.15) is 0 Å². The number of hydrogen-bond acceptors (Lipinski definition) is 0. The van der Waals surface area contributed by atoms with Crippen LogP contribution >= 0.6 is 0 Å². The van der Waals surface area contributed by atoms with Gasteiger partial charge in [0.2, 0.25) is 0 Å². The van der Waals surface area contributed by atoms with Crippen LogP contribution in [-0.2, 0) is 23.2 Å². The molecule has 0 aromatic heterocycles. The second kappa shape index (κ2) is 8.47. The molecule has 2 rings (SSSR count). The van der Waals surface area contributed by atoms with Crippen molar-refractivity contribution in [1.29, 1.82) is 0 Å². The molecule has 0 spiro atoms. The fraction of sp³-hybridized carbons (Fsp3) is 0.600. The standard InChI is InChI=1S/C13H21.C7H9.Zr/c1-3-5-8-12-10-7-11-13(12)9-6-4-2;1-6-4-3-5-7(6)2;/h7H,3-6,8-10H2,1-2H3;3H,4H2,1-2H3;. The molecule has 114 valence electrons. The molecular formula is C20H30Zr. The van der Waals surface area contributed by atoms with Gasteiger partial charge in [0, 0.05) is 0 Å². The van der Waals surface area contributed by atoms with Gasteiger partial charge in [0.25, 0.3) is 0 Å². The van der Waals surface area contributed by atoms with E-state index in [0.717, 1.165) is 0 Å². The molecule has 0 atom stereocenters. The first-order chi connectivity index (χ1) is 10.2. The summed E-state index contributed by atoms with van der Waals surface area (Å²) in [5.74, 6) is 0. The molecule has 0 aromatic carbocycles. The van der Waals surface area contributed by atoms with E-state index in [1.165, 1.54) is 51.4 Å². The Morgan fingerprint density at radius 2 is 1.57 bits per heavy atom. The quantitative estimate of drug-likeness (QED) is 0.453. The molecule has 2 aliphatic carbocycles. The normalized spacial score (nSPS) is 18.5. The van der Waals surface area contributed by atoms with Gasteiger partial charge in [0.05, 0.1) is 0 Å². The molecule has 0 unspecified atom stereocenters. The number of allylic oxidation sites excluding steroid dienone is 8. The van der Waals surface area contributed by atoms with Gasteiger partial charge in [0.1, 0.15) is 0 Å². The predicted octanol–water partition coefficient (Wildman–Crippen LogP) is 6.66. The van der Waals surface area contributed by atoms with Crippen LogP contribution in [0.5, 0.6) is 0 Å². The zero-order chi connectivity index (χ0) is 15.2. The van der Waals surface area contributed by atoms with Crippen molar-refractivity contribution in [3.8, 4) is 0 Å². The molecule has 0 aliphatic heterocycles. The Kier molecular flexibility index (Phi) is 6.94. The van der Waals surface area contributed by atoms with Crippen LogP contribution in [0.15, 0.2) is 41.0 Å². The van der Waals surface area contributed by atoms with Crippen LogP contribution in [0.2, 0.25) is 0 Å². The predicted molar refractivity (Wildman–Crippen MR) is 89.9 cm³/mol. The molecule has 0 amide bonds. The maximum atomic E-state index is 2.60. The zero-order valence-corrected chi connectivity index (χ0v) is 16.8. The third-order valence-electron chi connectivity index (χ3n) is 4.84. The zero-order valence-electron chi connectivity index (χ0n) is 14.3.